The van der Waals surface area contributed by atoms with Gasteiger partial charge >= 0.3 is 0 Å². The third kappa shape index (κ3) is 15.3. The second-order valence-electron chi connectivity index (χ2n) is 23.3. The molecule has 5 aliphatic rings. The number of piperazine rings is 2. The Balaban J connectivity index is 0.606. The number of hydrogen-bond donors (Lipinski definition) is 3. The van der Waals surface area contributed by atoms with E-state index >= 15 is 0 Å². The Hall–Kier alpha value is -7.14. The molecule has 6 bridgehead atoms. The van der Waals surface area contributed by atoms with Crippen molar-refractivity contribution in [3.8, 4) is 33.2 Å². The largest absolute Gasteiger partial charge is 0.492 e. The lowest BCUT2D eigenvalue weighted by Gasteiger charge is -2.36. The summed E-state index contributed by atoms with van der Waals surface area (Å²) in [4.78, 5) is 70.1. The van der Waals surface area contributed by atoms with Crippen molar-refractivity contribution in [3.63, 3.8) is 0 Å². The highest BCUT2D eigenvalue weighted by Gasteiger charge is 2.46. The third-order valence-corrected chi connectivity index (χ3v) is 18.0. The highest BCUT2D eigenvalue weighted by molar-refractivity contribution is 7.13. The van der Waals surface area contributed by atoms with E-state index in [1.54, 1.807) is 28.5 Å². The van der Waals surface area contributed by atoms with Gasteiger partial charge in [0.1, 0.15) is 36.8 Å². The first-order chi connectivity index (χ1) is 42.0. The predicted octanol–water partition coefficient (Wildman–Crippen LogP) is 7.26. The molecule has 0 unspecified atom stereocenters. The van der Waals surface area contributed by atoms with Gasteiger partial charge in [-0.25, -0.2) is 15.0 Å². The van der Waals surface area contributed by atoms with Crippen LogP contribution in [0, 0.1) is 12.8 Å². The number of fused-ring (bicyclic) bond motifs is 8. The van der Waals surface area contributed by atoms with E-state index in [4.69, 9.17) is 23.9 Å². The Kier molecular flexibility index (Phi) is 20.4. The summed E-state index contributed by atoms with van der Waals surface area (Å²) in [7, 11) is 0. The van der Waals surface area contributed by atoms with Gasteiger partial charge in [0.25, 0.3) is 5.91 Å². The molecule has 0 radical (unpaired) electrons. The van der Waals surface area contributed by atoms with Crippen LogP contribution in [0.3, 0.4) is 0 Å². The lowest BCUT2D eigenvalue weighted by atomic mass is 10.0. The number of ether oxygens (including phenoxy) is 4. The van der Waals surface area contributed by atoms with Crippen molar-refractivity contribution in [3.05, 3.63) is 148 Å². The standard InChI is InChI=1S/C66H81N11O8S/c1-46(2)61(77-41-52-11-4-5-13-56(52)64(77)80)65(81)76-42-55(78)39-58(76)63(79)68-40-51-15-14-50(62-47(3)69-45-86-62)38-60(51)85-35-31-75-28-24-73(25-29-75)21-9-20-72-22-26-74(27-23-72)30-34-84-59-17-16-54-37-53(59)44-83-33-7-6-32-82-43-48-10-8-12-49(36-48)57-18-19-67-66(70-54)71-57/h4-8,10-19,36-38,45-46,55,58,61,78H,9,20-35,39-44H2,1-3H3,(H,68,79)(H,67,70,71)/b7-6+/t55-,58+,61+/m1/s1. The number of carbonyl (C=O) groups is 3. The molecule has 11 rings (SSSR count). The van der Waals surface area contributed by atoms with Crippen LogP contribution in [-0.2, 0) is 45.4 Å². The van der Waals surface area contributed by atoms with Crippen molar-refractivity contribution in [2.75, 3.05) is 117 Å². The van der Waals surface area contributed by atoms with E-state index in [1.807, 2.05) is 99.1 Å². The number of likely N-dealkylation sites (tertiary alicyclic amines) is 1. The highest BCUT2D eigenvalue weighted by Crippen LogP contribution is 2.34. The van der Waals surface area contributed by atoms with Crippen molar-refractivity contribution >= 4 is 40.7 Å². The van der Waals surface area contributed by atoms with Gasteiger partial charge in [-0.3, -0.25) is 24.2 Å². The number of anilines is 2. The number of amides is 3. The summed E-state index contributed by atoms with van der Waals surface area (Å²) in [6.07, 6.45) is 6.15. The normalized spacial score (nSPS) is 19.8. The van der Waals surface area contributed by atoms with E-state index in [9.17, 15) is 19.5 Å². The molecule has 3 fully saturated rings. The molecule has 2 aromatic heterocycles. The fourth-order valence-electron chi connectivity index (χ4n) is 12.2. The van der Waals surface area contributed by atoms with Crippen molar-refractivity contribution in [1.29, 1.82) is 0 Å². The number of aryl methyl sites for hydroxylation is 1. The molecule has 3 atom stereocenters. The summed E-state index contributed by atoms with van der Waals surface area (Å²) in [5.74, 6) is 0.917. The van der Waals surface area contributed by atoms with Crippen LogP contribution in [0.2, 0.25) is 0 Å². The maximum absolute atomic E-state index is 14.4. The second kappa shape index (κ2) is 29.0. The van der Waals surface area contributed by atoms with Crippen LogP contribution >= 0.6 is 11.3 Å². The molecular weight excluding hydrogens is 1110 g/mol. The molecule has 3 N–H and O–H groups in total. The molecule has 7 heterocycles. The van der Waals surface area contributed by atoms with E-state index in [1.165, 1.54) is 4.90 Å². The number of benzene rings is 4. The molecule has 0 saturated carbocycles. The number of aromatic nitrogens is 3. The number of aliphatic hydroxyl groups is 1. The fourth-order valence-corrected chi connectivity index (χ4v) is 13.0. The van der Waals surface area contributed by atoms with Crippen LogP contribution in [0.25, 0.3) is 21.7 Å². The van der Waals surface area contributed by atoms with Crippen molar-refractivity contribution in [2.45, 2.75) is 78.1 Å². The summed E-state index contributed by atoms with van der Waals surface area (Å²) in [5, 5.41) is 17.3. The molecule has 3 amide bonds. The van der Waals surface area contributed by atoms with E-state index in [0.29, 0.717) is 63.4 Å². The Labute approximate surface area is 508 Å². The van der Waals surface area contributed by atoms with E-state index in [2.05, 4.69) is 64.5 Å². The summed E-state index contributed by atoms with van der Waals surface area (Å²) >= 11 is 1.58. The van der Waals surface area contributed by atoms with Crippen molar-refractivity contribution < 1.29 is 38.4 Å². The monoisotopic (exact) mass is 1190 g/mol. The van der Waals surface area contributed by atoms with Crippen LogP contribution in [-0.4, -0.2) is 197 Å². The van der Waals surface area contributed by atoms with Crippen molar-refractivity contribution in [1.82, 2.24) is 49.7 Å². The molecule has 20 heteroatoms. The summed E-state index contributed by atoms with van der Waals surface area (Å²) in [6.45, 7) is 21.1. The minimum absolute atomic E-state index is 0.0218. The molecular formula is C66H81N11O8S. The van der Waals surface area contributed by atoms with Crippen LogP contribution < -0.4 is 20.1 Å². The number of carbonyl (C=O) groups excluding carboxylic acids is 3. The van der Waals surface area contributed by atoms with Gasteiger partial charge in [-0.05, 0) is 91.5 Å². The van der Waals surface area contributed by atoms with Gasteiger partial charge in [-0.15, -0.1) is 11.3 Å². The summed E-state index contributed by atoms with van der Waals surface area (Å²) < 4.78 is 25.0. The number of nitrogens with zero attached hydrogens (tertiary/aromatic N) is 9. The maximum Gasteiger partial charge on any atom is 0.255 e. The lowest BCUT2D eigenvalue weighted by molar-refractivity contribution is -0.143. The first-order valence-corrected chi connectivity index (χ1v) is 31.3. The minimum Gasteiger partial charge on any atom is -0.492 e. The molecule has 5 aliphatic heterocycles. The van der Waals surface area contributed by atoms with Gasteiger partial charge in [0, 0.05) is 126 Å². The van der Waals surface area contributed by atoms with Gasteiger partial charge in [0.2, 0.25) is 17.8 Å². The van der Waals surface area contributed by atoms with E-state index < -0.39 is 18.2 Å². The lowest BCUT2D eigenvalue weighted by Crippen LogP contribution is -2.55. The molecule has 6 aromatic rings. The predicted molar refractivity (Wildman–Crippen MR) is 332 cm³/mol. The Morgan fingerprint density at radius 3 is 2.19 bits per heavy atom. The molecule has 0 aliphatic carbocycles. The molecule has 86 heavy (non-hydrogen) atoms. The van der Waals surface area contributed by atoms with Crippen LogP contribution in [0.1, 0.15) is 65.0 Å². The number of aliphatic hydroxyl groups excluding tert-OH is 1. The van der Waals surface area contributed by atoms with Gasteiger partial charge in [0.15, 0.2) is 0 Å². The zero-order valence-electron chi connectivity index (χ0n) is 49.8. The van der Waals surface area contributed by atoms with Gasteiger partial charge in [0.05, 0.1) is 54.3 Å². The first-order valence-electron chi connectivity index (χ1n) is 30.5. The van der Waals surface area contributed by atoms with E-state index in [-0.39, 0.29) is 43.1 Å². The molecule has 3 saturated heterocycles. The second-order valence-corrected chi connectivity index (χ2v) is 24.2. The zero-order valence-corrected chi connectivity index (χ0v) is 50.6. The topological polar surface area (TPSA) is 191 Å². The first kappa shape index (κ1) is 60.5. The number of rotatable bonds is 19. The maximum atomic E-state index is 14.4. The molecule has 0 spiro atoms. The fraction of sp³-hybridized carbons (Fsp3) is 0.455. The highest BCUT2D eigenvalue weighted by atomic mass is 32.1. The van der Waals surface area contributed by atoms with Crippen LogP contribution in [0.4, 0.5) is 11.6 Å². The van der Waals surface area contributed by atoms with Gasteiger partial charge < -0.3 is 54.3 Å². The Morgan fingerprint density at radius 1 is 0.767 bits per heavy atom. The molecule has 454 valence electrons. The quantitative estimate of drug-likeness (QED) is 0.0687. The number of nitrogens with one attached hydrogen (secondary N) is 2. The summed E-state index contributed by atoms with van der Waals surface area (Å²) in [5.41, 5.74) is 10.8. The molecule has 4 aromatic carbocycles. The van der Waals surface area contributed by atoms with Gasteiger partial charge in [-0.1, -0.05) is 74.5 Å². The summed E-state index contributed by atoms with van der Waals surface area (Å²) in [6, 6.07) is 28.0. The average molecular weight is 1190 g/mol. The SMILES string of the molecule is Cc1ncsc1-c1ccc(CNC(=O)[C@@H]2C[C@@H](O)CN2C(=O)[C@H](C(C)C)N2Cc3ccccc3C2=O)c(OCCN2CCN(CCCN3CCN(CCOc4ccc5cc4COC/C=C/COCc4cccc(c4)-c4ccnc(n4)N5)CC3)CC2)c1. The molecule has 19 nitrogen and oxygen atoms in total. The van der Waals surface area contributed by atoms with Crippen molar-refractivity contribution in [2.24, 2.45) is 5.92 Å². The zero-order chi connectivity index (χ0) is 59.4. The Morgan fingerprint density at radius 2 is 1.48 bits per heavy atom. The van der Waals surface area contributed by atoms with Crippen LogP contribution in [0.15, 0.2) is 115 Å². The number of β-amino-alcohol motifs (C(OH)–C–C–N with tert-alkyl or cyclic N) is 1. The van der Waals surface area contributed by atoms with E-state index in [0.717, 1.165) is 146 Å². The van der Waals surface area contributed by atoms with Gasteiger partial charge in [-0.2, -0.15) is 0 Å². The minimum atomic E-state index is -0.884. The van der Waals surface area contributed by atoms with Crippen LogP contribution in [0.5, 0.6) is 11.5 Å². The smallest absolute Gasteiger partial charge is 0.255 e. The third-order valence-electron chi connectivity index (χ3n) is 17.0. The average Bonchev–Trinajstić information content (AvgIpc) is 2.77. The number of thiazole rings is 1. The Bertz CT molecular complexity index is 3310. The number of hydrogen-bond acceptors (Lipinski definition) is 17.